The summed E-state index contributed by atoms with van der Waals surface area (Å²) < 4.78 is 0. The highest BCUT2D eigenvalue weighted by atomic mass is 16.3. The third kappa shape index (κ3) is 0.992. The Labute approximate surface area is 55.0 Å². The van der Waals surface area contributed by atoms with Gasteiger partial charge in [-0.15, -0.1) is 17.7 Å². The van der Waals surface area contributed by atoms with Gasteiger partial charge in [-0.3, -0.25) is 0 Å². The van der Waals surface area contributed by atoms with Crippen LogP contribution in [0.1, 0.15) is 6.92 Å². The number of hydrogen-bond acceptors (Lipinski definition) is 1. The van der Waals surface area contributed by atoms with Crippen molar-refractivity contribution in [1.29, 1.82) is 0 Å². The minimum Gasteiger partial charge on any atom is -0.565 e. The molecule has 0 aromatic carbocycles. The molecule has 0 radical (unpaired) electrons. The fourth-order valence-corrected chi connectivity index (χ4v) is 0.720. The molecule has 0 saturated heterocycles. The highest BCUT2D eigenvalue weighted by Gasteiger charge is 1.94. The number of hydrogen-bond donors (Lipinski definition) is 1. The van der Waals surface area contributed by atoms with E-state index in [1.54, 1.807) is 6.08 Å². The smallest absolute Gasteiger partial charge is 0.0130 e. The Kier molecular flexibility index (Phi) is 1.35. The maximum atomic E-state index is 9.14. The Morgan fingerprint density at radius 3 is 2.78 bits per heavy atom. The normalized spacial score (nSPS) is 18.1. The van der Waals surface area contributed by atoms with E-state index in [9.17, 15) is 0 Å². The van der Waals surface area contributed by atoms with Crippen molar-refractivity contribution in [2.24, 2.45) is 0 Å². The summed E-state index contributed by atoms with van der Waals surface area (Å²) in [7, 11) is 0. The zero-order chi connectivity index (χ0) is 6.85. The summed E-state index contributed by atoms with van der Waals surface area (Å²) in [4.78, 5) is 0. The van der Waals surface area contributed by atoms with Gasteiger partial charge in [-0.2, -0.15) is 18.6 Å². The van der Waals surface area contributed by atoms with Crippen molar-refractivity contribution in [3.8, 4) is 0 Å². The third-order valence-corrected chi connectivity index (χ3v) is 1.32. The van der Waals surface area contributed by atoms with E-state index in [1.165, 1.54) is 0 Å². The second kappa shape index (κ2) is 2.02. The van der Waals surface area contributed by atoms with Crippen LogP contribution in [0.2, 0.25) is 0 Å². The van der Waals surface area contributed by atoms with Crippen molar-refractivity contribution in [2.75, 3.05) is 0 Å². The van der Waals surface area contributed by atoms with Gasteiger partial charge >= 0.3 is 0 Å². The van der Waals surface area contributed by atoms with Gasteiger partial charge in [0.05, 0.1) is 0 Å². The molecule has 0 heterocycles. The molecule has 0 fully saturated rings. The largest absolute Gasteiger partial charge is 0.565 e. The van der Waals surface area contributed by atoms with Gasteiger partial charge in [-0.1, -0.05) is 6.92 Å². The van der Waals surface area contributed by atoms with Gasteiger partial charge in [0.15, 0.2) is 0 Å². The van der Waals surface area contributed by atoms with Gasteiger partial charge in [0.2, 0.25) is 0 Å². The van der Waals surface area contributed by atoms with Crippen molar-refractivity contribution < 1.29 is 5.11 Å². The van der Waals surface area contributed by atoms with Crippen LogP contribution in [0.3, 0.4) is 0 Å². The summed E-state index contributed by atoms with van der Waals surface area (Å²) in [6, 6.07) is 0. The summed E-state index contributed by atoms with van der Waals surface area (Å²) in [6.45, 7) is 5.48. The van der Waals surface area contributed by atoms with Crippen LogP contribution >= 0.6 is 0 Å². The van der Waals surface area contributed by atoms with E-state index in [1.807, 2.05) is 19.4 Å². The Hall–Kier alpha value is -1.11. The molecule has 9 heavy (non-hydrogen) atoms. The first-order valence-corrected chi connectivity index (χ1v) is 2.82. The van der Waals surface area contributed by atoms with Gasteiger partial charge in [-0.05, 0) is 0 Å². The van der Waals surface area contributed by atoms with Gasteiger partial charge in [0, 0.05) is 5.76 Å². The topological polar surface area (TPSA) is 20.2 Å². The average molecular weight is 121 g/mol. The standard InChI is InChI=1S/C8H9O/c1-6-4-3-5-7(2)8(6)9/h3-5,9H,1H2,2H3/q-1. The van der Waals surface area contributed by atoms with E-state index in [2.05, 4.69) is 6.58 Å². The minimum atomic E-state index is 0.303. The van der Waals surface area contributed by atoms with Crippen LogP contribution in [0.15, 0.2) is 35.6 Å². The monoisotopic (exact) mass is 121 g/mol. The molecule has 1 aliphatic carbocycles. The molecule has 0 saturated carbocycles. The lowest BCUT2D eigenvalue weighted by Gasteiger charge is -2.18. The first-order valence-electron chi connectivity index (χ1n) is 2.82. The van der Waals surface area contributed by atoms with Gasteiger partial charge in [0.25, 0.3) is 0 Å². The minimum absolute atomic E-state index is 0.303. The molecule has 0 bridgehead atoms. The molecule has 1 rings (SSSR count). The second-order valence-electron chi connectivity index (χ2n) is 2.08. The highest BCUT2D eigenvalue weighted by Crippen LogP contribution is 2.18. The second-order valence-corrected chi connectivity index (χ2v) is 2.08. The first-order chi connectivity index (χ1) is 4.22. The SMILES string of the molecule is C=C1C=C[CH-]C(C)=C1O. The van der Waals surface area contributed by atoms with Gasteiger partial charge in [0.1, 0.15) is 0 Å². The van der Waals surface area contributed by atoms with Crippen LogP contribution < -0.4 is 0 Å². The molecule has 0 spiro atoms. The maximum Gasteiger partial charge on any atom is 0.0130 e. The quantitative estimate of drug-likeness (QED) is 0.487. The third-order valence-electron chi connectivity index (χ3n) is 1.32. The highest BCUT2D eigenvalue weighted by molar-refractivity contribution is 5.44. The zero-order valence-electron chi connectivity index (χ0n) is 5.39. The van der Waals surface area contributed by atoms with E-state index >= 15 is 0 Å². The Bertz CT molecular complexity index is 197. The first kappa shape index (κ1) is 6.02. The molecule has 0 atom stereocenters. The number of allylic oxidation sites excluding steroid dienone is 3. The fourth-order valence-electron chi connectivity index (χ4n) is 0.720. The summed E-state index contributed by atoms with van der Waals surface area (Å²) in [6.07, 6.45) is 5.50. The van der Waals surface area contributed by atoms with Crippen molar-refractivity contribution in [1.82, 2.24) is 0 Å². The van der Waals surface area contributed by atoms with Crippen LogP contribution in [0.25, 0.3) is 0 Å². The van der Waals surface area contributed by atoms with Gasteiger partial charge in [-0.25, -0.2) is 0 Å². The summed E-state index contributed by atoms with van der Waals surface area (Å²) >= 11 is 0. The van der Waals surface area contributed by atoms with Crippen molar-refractivity contribution in [3.63, 3.8) is 0 Å². The lowest BCUT2D eigenvalue weighted by molar-refractivity contribution is 0.420. The summed E-state index contributed by atoms with van der Waals surface area (Å²) in [5.74, 6) is 0.303. The fraction of sp³-hybridized carbons (Fsp3) is 0.125. The predicted molar refractivity (Wildman–Crippen MR) is 37.9 cm³/mol. The Balaban J connectivity index is 2.92. The zero-order valence-corrected chi connectivity index (χ0v) is 5.39. The van der Waals surface area contributed by atoms with Crippen LogP contribution in [0.5, 0.6) is 0 Å². The van der Waals surface area contributed by atoms with E-state index in [-0.39, 0.29) is 0 Å². The van der Waals surface area contributed by atoms with Crippen LogP contribution in [-0.2, 0) is 0 Å². The van der Waals surface area contributed by atoms with E-state index in [4.69, 9.17) is 5.11 Å². The number of aliphatic hydroxyl groups excluding tert-OH is 1. The summed E-state index contributed by atoms with van der Waals surface area (Å²) in [5.41, 5.74) is 1.57. The van der Waals surface area contributed by atoms with Crippen molar-refractivity contribution in [2.45, 2.75) is 6.92 Å². The lowest BCUT2D eigenvalue weighted by atomic mass is 10.0. The van der Waals surface area contributed by atoms with Crippen LogP contribution in [0, 0.1) is 6.42 Å². The molecule has 1 aliphatic rings. The molecule has 1 nitrogen and oxygen atoms in total. The van der Waals surface area contributed by atoms with Gasteiger partial charge < -0.3 is 5.11 Å². The van der Waals surface area contributed by atoms with Crippen LogP contribution in [-0.4, -0.2) is 5.11 Å². The van der Waals surface area contributed by atoms with Crippen LogP contribution in [0.4, 0.5) is 0 Å². The molecule has 0 aromatic rings. The molecule has 0 amide bonds. The maximum absolute atomic E-state index is 9.14. The molecule has 1 N–H and O–H groups in total. The molecule has 1 heteroatoms. The van der Waals surface area contributed by atoms with Crippen molar-refractivity contribution >= 4 is 0 Å². The van der Waals surface area contributed by atoms with E-state index in [0.717, 1.165) is 5.57 Å². The molecule has 0 unspecified atom stereocenters. The molecular weight excluding hydrogens is 112 g/mol. The average Bonchev–Trinajstić information content (AvgIpc) is 1.83. The Morgan fingerprint density at radius 2 is 2.33 bits per heavy atom. The number of rotatable bonds is 0. The molecular formula is C8H9O-. The van der Waals surface area contributed by atoms with E-state index in [0.29, 0.717) is 11.3 Å². The summed E-state index contributed by atoms with van der Waals surface area (Å²) in [5, 5.41) is 9.14. The molecule has 0 aliphatic heterocycles. The lowest BCUT2D eigenvalue weighted by Crippen LogP contribution is -1.93. The van der Waals surface area contributed by atoms with Crippen molar-refractivity contribution in [3.05, 3.63) is 42.1 Å². The Morgan fingerprint density at radius 1 is 1.67 bits per heavy atom. The van der Waals surface area contributed by atoms with E-state index < -0.39 is 0 Å². The molecule has 0 aromatic heterocycles. The number of aliphatic hydroxyl groups is 1. The predicted octanol–water partition coefficient (Wildman–Crippen LogP) is 2.15. The molecule has 48 valence electrons.